The summed E-state index contributed by atoms with van der Waals surface area (Å²) in [5, 5.41) is 0. The fourth-order valence-corrected chi connectivity index (χ4v) is 3.39. The molecule has 3 amide bonds. The van der Waals surface area contributed by atoms with E-state index in [0.717, 1.165) is 16.0 Å². The van der Waals surface area contributed by atoms with Gasteiger partial charge in [-0.25, -0.2) is 0 Å². The quantitative estimate of drug-likeness (QED) is 0.626. The molecule has 0 fully saturated rings. The third-order valence-electron chi connectivity index (χ3n) is 5.00. The SMILES string of the molecule is Cc1ccc(CN(C)C(=O)c2ccc3c(c2)C(=O)N(Cc2ccco2)C3=O)cc1. The van der Waals surface area contributed by atoms with Gasteiger partial charge in [0.05, 0.1) is 23.9 Å². The van der Waals surface area contributed by atoms with E-state index < -0.39 is 5.91 Å². The van der Waals surface area contributed by atoms with E-state index >= 15 is 0 Å². The van der Waals surface area contributed by atoms with Crippen LogP contribution in [-0.4, -0.2) is 34.6 Å². The Morgan fingerprint density at radius 3 is 2.41 bits per heavy atom. The molecule has 6 heteroatoms. The highest BCUT2D eigenvalue weighted by Gasteiger charge is 2.36. The second kappa shape index (κ2) is 7.39. The predicted octanol–water partition coefficient (Wildman–Crippen LogP) is 3.66. The zero-order valence-corrected chi connectivity index (χ0v) is 16.2. The van der Waals surface area contributed by atoms with E-state index in [0.29, 0.717) is 23.4 Å². The first-order chi connectivity index (χ1) is 13.9. The summed E-state index contributed by atoms with van der Waals surface area (Å²) in [6.45, 7) is 2.53. The Morgan fingerprint density at radius 1 is 1.00 bits per heavy atom. The molecule has 1 aromatic heterocycles. The van der Waals surface area contributed by atoms with Crippen LogP contribution in [0.5, 0.6) is 0 Å². The fraction of sp³-hybridized carbons (Fsp3) is 0.174. The average Bonchev–Trinajstić information content (AvgIpc) is 3.32. The molecule has 2 heterocycles. The van der Waals surface area contributed by atoms with Crippen molar-refractivity contribution < 1.29 is 18.8 Å². The number of benzene rings is 2. The third kappa shape index (κ3) is 3.57. The fourth-order valence-electron chi connectivity index (χ4n) is 3.39. The smallest absolute Gasteiger partial charge is 0.261 e. The highest BCUT2D eigenvalue weighted by Crippen LogP contribution is 2.26. The number of hydrogen-bond acceptors (Lipinski definition) is 4. The topological polar surface area (TPSA) is 70.8 Å². The lowest BCUT2D eigenvalue weighted by atomic mass is 10.0. The van der Waals surface area contributed by atoms with Crippen molar-refractivity contribution in [3.8, 4) is 0 Å². The summed E-state index contributed by atoms with van der Waals surface area (Å²) in [6.07, 6.45) is 1.49. The van der Waals surface area contributed by atoms with Crippen molar-refractivity contribution >= 4 is 17.7 Å². The molecular formula is C23H20N2O4. The second-order valence-corrected chi connectivity index (χ2v) is 7.18. The van der Waals surface area contributed by atoms with Crippen LogP contribution in [0.15, 0.2) is 65.3 Å². The number of aryl methyl sites for hydroxylation is 1. The monoisotopic (exact) mass is 388 g/mol. The number of fused-ring (bicyclic) bond motifs is 1. The van der Waals surface area contributed by atoms with Crippen LogP contribution in [0.4, 0.5) is 0 Å². The van der Waals surface area contributed by atoms with Gasteiger partial charge in [-0.3, -0.25) is 19.3 Å². The van der Waals surface area contributed by atoms with Crippen LogP contribution >= 0.6 is 0 Å². The van der Waals surface area contributed by atoms with Gasteiger partial charge in [-0.05, 0) is 42.8 Å². The predicted molar refractivity (Wildman–Crippen MR) is 106 cm³/mol. The van der Waals surface area contributed by atoms with E-state index in [2.05, 4.69) is 0 Å². The Labute approximate surface area is 168 Å². The molecule has 0 radical (unpaired) electrons. The minimum absolute atomic E-state index is 0.0654. The van der Waals surface area contributed by atoms with E-state index in [-0.39, 0.29) is 23.9 Å². The number of nitrogens with zero attached hydrogens (tertiary/aromatic N) is 2. The molecule has 6 nitrogen and oxygen atoms in total. The van der Waals surface area contributed by atoms with Crippen LogP contribution in [-0.2, 0) is 13.1 Å². The number of carbonyl (C=O) groups excluding carboxylic acids is 3. The Hall–Kier alpha value is -3.67. The van der Waals surface area contributed by atoms with Crippen LogP contribution in [0.1, 0.15) is 48.0 Å². The largest absolute Gasteiger partial charge is 0.467 e. The van der Waals surface area contributed by atoms with Crippen molar-refractivity contribution in [2.45, 2.75) is 20.0 Å². The van der Waals surface area contributed by atoms with E-state index in [1.807, 2.05) is 31.2 Å². The molecule has 0 atom stereocenters. The van der Waals surface area contributed by atoms with E-state index in [9.17, 15) is 14.4 Å². The molecule has 2 aromatic carbocycles. The van der Waals surface area contributed by atoms with Gasteiger partial charge < -0.3 is 9.32 Å². The van der Waals surface area contributed by atoms with Gasteiger partial charge in [0.2, 0.25) is 0 Å². The highest BCUT2D eigenvalue weighted by atomic mass is 16.3. The molecule has 1 aliphatic rings. The standard InChI is InChI=1S/C23H20N2O4/c1-15-5-7-16(8-6-15)13-24(2)21(26)17-9-10-19-20(12-17)23(28)25(22(19)27)14-18-4-3-11-29-18/h3-12H,13-14H2,1-2H3. The summed E-state index contributed by atoms with van der Waals surface area (Å²) in [4.78, 5) is 40.9. The van der Waals surface area contributed by atoms with Crippen LogP contribution < -0.4 is 0 Å². The number of hydrogen-bond donors (Lipinski definition) is 0. The molecular weight excluding hydrogens is 368 g/mol. The zero-order valence-electron chi connectivity index (χ0n) is 16.2. The maximum absolute atomic E-state index is 12.8. The Kier molecular flexibility index (Phi) is 4.76. The highest BCUT2D eigenvalue weighted by molar-refractivity contribution is 6.22. The molecule has 4 rings (SSSR count). The van der Waals surface area contributed by atoms with Gasteiger partial charge in [0.25, 0.3) is 17.7 Å². The lowest BCUT2D eigenvalue weighted by molar-refractivity contribution is 0.0631. The van der Waals surface area contributed by atoms with Crippen molar-refractivity contribution in [3.05, 3.63) is 94.4 Å². The summed E-state index contributed by atoms with van der Waals surface area (Å²) in [6, 6.07) is 16.0. The summed E-state index contributed by atoms with van der Waals surface area (Å²) in [5.74, 6) is -0.489. The normalized spacial score (nSPS) is 13.0. The van der Waals surface area contributed by atoms with Crippen molar-refractivity contribution in [3.63, 3.8) is 0 Å². The van der Waals surface area contributed by atoms with Crippen molar-refractivity contribution in [1.82, 2.24) is 9.80 Å². The molecule has 0 aliphatic carbocycles. The summed E-state index contributed by atoms with van der Waals surface area (Å²) >= 11 is 0. The number of rotatable bonds is 5. The van der Waals surface area contributed by atoms with Gasteiger partial charge in [0.15, 0.2) is 0 Å². The average molecular weight is 388 g/mol. The Morgan fingerprint density at radius 2 is 1.72 bits per heavy atom. The summed E-state index contributed by atoms with van der Waals surface area (Å²) < 4.78 is 5.24. The summed E-state index contributed by atoms with van der Waals surface area (Å²) in [5.41, 5.74) is 3.10. The Balaban J connectivity index is 1.53. The van der Waals surface area contributed by atoms with Crippen LogP contribution in [0.2, 0.25) is 0 Å². The van der Waals surface area contributed by atoms with Crippen LogP contribution in [0.3, 0.4) is 0 Å². The van der Waals surface area contributed by atoms with E-state index in [1.165, 1.54) is 12.3 Å². The molecule has 0 unspecified atom stereocenters. The molecule has 3 aromatic rings. The van der Waals surface area contributed by atoms with Crippen LogP contribution in [0, 0.1) is 6.92 Å². The van der Waals surface area contributed by atoms with Gasteiger partial charge >= 0.3 is 0 Å². The molecule has 0 saturated carbocycles. The van der Waals surface area contributed by atoms with Gasteiger partial charge in [-0.15, -0.1) is 0 Å². The number of imide groups is 1. The maximum atomic E-state index is 12.8. The van der Waals surface area contributed by atoms with Crippen LogP contribution in [0.25, 0.3) is 0 Å². The number of furan rings is 1. The first-order valence-corrected chi connectivity index (χ1v) is 9.27. The molecule has 0 N–H and O–H groups in total. The molecule has 0 spiro atoms. The van der Waals surface area contributed by atoms with E-state index in [1.54, 1.807) is 36.2 Å². The van der Waals surface area contributed by atoms with E-state index in [4.69, 9.17) is 4.42 Å². The second-order valence-electron chi connectivity index (χ2n) is 7.18. The Bertz CT molecular complexity index is 1080. The maximum Gasteiger partial charge on any atom is 0.261 e. The molecule has 146 valence electrons. The minimum Gasteiger partial charge on any atom is -0.467 e. The van der Waals surface area contributed by atoms with Crippen molar-refractivity contribution in [2.75, 3.05) is 7.05 Å². The van der Waals surface area contributed by atoms with Crippen molar-refractivity contribution in [1.29, 1.82) is 0 Å². The molecule has 0 saturated heterocycles. The third-order valence-corrected chi connectivity index (χ3v) is 5.00. The van der Waals surface area contributed by atoms with Gasteiger partial charge in [0, 0.05) is 19.2 Å². The number of amides is 3. The zero-order chi connectivity index (χ0) is 20.5. The minimum atomic E-state index is -0.419. The molecule has 0 bridgehead atoms. The van der Waals surface area contributed by atoms with Gasteiger partial charge in [-0.2, -0.15) is 0 Å². The first kappa shape index (κ1) is 18.7. The van der Waals surface area contributed by atoms with Gasteiger partial charge in [0.1, 0.15) is 5.76 Å². The summed E-state index contributed by atoms with van der Waals surface area (Å²) in [7, 11) is 1.71. The lowest BCUT2D eigenvalue weighted by Crippen LogP contribution is -2.29. The van der Waals surface area contributed by atoms with Gasteiger partial charge in [-0.1, -0.05) is 29.8 Å². The first-order valence-electron chi connectivity index (χ1n) is 9.27. The lowest BCUT2D eigenvalue weighted by Gasteiger charge is -2.17. The molecule has 29 heavy (non-hydrogen) atoms. The molecule has 1 aliphatic heterocycles. The number of carbonyl (C=O) groups is 3. The van der Waals surface area contributed by atoms with Crippen molar-refractivity contribution in [2.24, 2.45) is 0 Å².